The summed E-state index contributed by atoms with van der Waals surface area (Å²) in [4.78, 5) is 44.1. The number of benzene rings is 3. The van der Waals surface area contributed by atoms with Gasteiger partial charge in [0, 0.05) is 61.8 Å². The average molecular weight is 884 g/mol. The maximum Gasteiger partial charge on any atom is 0.306 e. The van der Waals surface area contributed by atoms with E-state index in [1.165, 1.54) is 29.1 Å². The van der Waals surface area contributed by atoms with Gasteiger partial charge in [-0.05, 0) is 103 Å². The molecule has 1 N–H and O–H groups in total. The van der Waals surface area contributed by atoms with Crippen LogP contribution in [-0.2, 0) is 49.5 Å². The molecule has 8 rings (SSSR count). The van der Waals surface area contributed by atoms with Crippen LogP contribution in [0.25, 0.3) is 0 Å². The number of methoxy groups -OCH3 is 2. The van der Waals surface area contributed by atoms with Crippen molar-refractivity contribution in [3.05, 3.63) is 118 Å². The van der Waals surface area contributed by atoms with E-state index in [2.05, 4.69) is 31.2 Å². The van der Waals surface area contributed by atoms with E-state index < -0.39 is 39.7 Å². The van der Waals surface area contributed by atoms with Gasteiger partial charge in [-0.2, -0.15) is 0 Å². The maximum absolute atomic E-state index is 15.2. The summed E-state index contributed by atoms with van der Waals surface area (Å²) < 4.78 is 47.8. The van der Waals surface area contributed by atoms with Gasteiger partial charge in [0.25, 0.3) is 11.8 Å². The summed E-state index contributed by atoms with van der Waals surface area (Å²) in [5, 5.41) is 4.88. The van der Waals surface area contributed by atoms with Gasteiger partial charge in [-0.25, -0.2) is 4.21 Å². The van der Waals surface area contributed by atoms with Crippen molar-refractivity contribution >= 4 is 45.0 Å². The number of esters is 1. The van der Waals surface area contributed by atoms with Crippen LogP contribution in [0.4, 0.5) is 5.69 Å². The van der Waals surface area contributed by atoms with Gasteiger partial charge in [0.05, 0.1) is 31.3 Å². The highest BCUT2D eigenvalue weighted by atomic mass is 35.5. The molecular formula is C47H54ClN5O8S. The summed E-state index contributed by atoms with van der Waals surface area (Å²) in [6, 6.07) is 21.0. The van der Waals surface area contributed by atoms with Crippen LogP contribution < -0.4 is 19.1 Å². The number of anilines is 1. The quantitative estimate of drug-likeness (QED) is 0.141. The molecule has 2 bridgehead atoms. The summed E-state index contributed by atoms with van der Waals surface area (Å²) >= 11 is 6.50. The summed E-state index contributed by atoms with van der Waals surface area (Å²) in [6.45, 7) is 3.51. The number of amides is 2. The summed E-state index contributed by atoms with van der Waals surface area (Å²) in [7, 11) is 0.777. The first-order chi connectivity index (χ1) is 29.9. The second kappa shape index (κ2) is 18.3. The van der Waals surface area contributed by atoms with E-state index in [1.807, 2.05) is 42.5 Å². The lowest BCUT2D eigenvalue weighted by atomic mass is 9.68. The molecule has 2 amide bonds. The number of carbonyl (C=O) groups is 3. The zero-order valence-corrected chi connectivity index (χ0v) is 37.2. The number of halogens is 1. The molecule has 0 saturated heterocycles. The first-order valence-electron chi connectivity index (χ1n) is 21.3. The van der Waals surface area contributed by atoms with Gasteiger partial charge in [0.1, 0.15) is 27.3 Å². The molecule has 4 aromatic rings. The van der Waals surface area contributed by atoms with E-state index in [0.717, 1.165) is 43.4 Å². The van der Waals surface area contributed by atoms with Crippen LogP contribution in [0.3, 0.4) is 0 Å². The monoisotopic (exact) mass is 883 g/mol. The van der Waals surface area contributed by atoms with Gasteiger partial charge >= 0.3 is 5.97 Å². The number of aryl methyl sites for hydroxylation is 3. The summed E-state index contributed by atoms with van der Waals surface area (Å²) in [5.41, 5.74) is 4.05. The zero-order chi connectivity index (χ0) is 43.6. The first kappa shape index (κ1) is 43.5. The van der Waals surface area contributed by atoms with E-state index in [-0.39, 0.29) is 52.5 Å². The fourth-order valence-electron chi connectivity index (χ4n) is 9.56. The predicted octanol–water partition coefficient (Wildman–Crippen LogP) is 7.30. The largest absolute Gasteiger partial charge is 0.490 e. The molecule has 1 spiro atoms. The summed E-state index contributed by atoms with van der Waals surface area (Å²) in [6.07, 6.45) is 9.30. The molecule has 2 aliphatic carbocycles. The fraction of sp³-hybridized carbons (Fsp3) is 0.447. The van der Waals surface area contributed by atoms with Crippen LogP contribution in [0.15, 0.2) is 89.4 Å². The van der Waals surface area contributed by atoms with E-state index >= 15 is 4.21 Å². The van der Waals surface area contributed by atoms with Crippen molar-refractivity contribution in [2.45, 2.75) is 69.5 Å². The third kappa shape index (κ3) is 9.28. The van der Waals surface area contributed by atoms with Gasteiger partial charge in [-0.15, -0.1) is 9.46 Å². The molecule has 4 aliphatic rings. The molecule has 3 aromatic carbocycles. The Balaban J connectivity index is 1.20. The van der Waals surface area contributed by atoms with Gasteiger partial charge in [-0.3, -0.25) is 23.8 Å². The van der Waals surface area contributed by atoms with Crippen molar-refractivity contribution in [2.75, 3.05) is 44.6 Å². The molecule has 62 heavy (non-hydrogen) atoms. The number of rotatable bonds is 8. The van der Waals surface area contributed by atoms with Crippen molar-refractivity contribution in [3.63, 3.8) is 0 Å². The van der Waals surface area contributed by atoms with Crippen molar-refractivity contribution in [1.82, 2.24) is 14.5 Å². The van der Waals surface area contributed by atoms with Crippen molar-refractivity contribution in [1.29, 1.82) is 0 Å². The number of carbonyl (C=O) groups excluding carboxylic acids is 3. The van der Waals surface area contributed by atoms with Gasteiger partial charge in [0.15, 0.2) is 0 Å². The molecule has 15 heteroatoms. The topological polar surface area (TPSA) is 151 Å². The minimum atomic E-state index is -3.91. The highest BCUT2D eigenvalue weighted by molar-refractivity contribution is 7.92. The Labute approximate surface area is 368 Å². The van der Waals surface area contributed by atoms with Gasteiger partial charge in [0.2, 0.25) is 5.88 Å². The molecule has 2 aliphatic heterocycles. The number of hydrogen-bond acceptors (Lipinski definition) is 10. The molecule has 1 saturated carbocycles. The molecule has 1 fully saturated rings. The summed E-state index contributed by atoms with van der Waals surface area (Å²) in [5.74, 6) is -1.99. The number of ether oxygens (including phenoxy) is 4. The maximum atomic E-state index is 15.2. The Morgan fingerprint density at radius 1 is 1.05 bits per heavy atom. The number of aromatic nitrogens is 2. The van der Waals surface area contributed by atoms with Gasteiger partial charge < -0.3 is 23.8 Å². The minimum absolute atomic E-state index is 0.0141. The zero-order valence-electron chi connectivity index (χ0n) is 35.6. The highest BCUT2D eigenvalue weighted by Gasteiger charge is 2.44. The highest BCUT2D eigenvalue weighted by Crippen LogP contribution is 2.47. The Hall–Kier alpha value is -5.18. The average Bonchev–Trinajstić information content (AvgIpc) is 3.57. The normalized spacial score (nSPS) is 27.6. The lowest BCUT2D eigenvalue weighted by Gasteiger charge is -2.46. The number of nitrogens with one attached hydrogen (secondary N) is 1. The number of nitrogens with zero attached hydrogens (tertiary/aromatic N) is 4. The molecular weight excluding hydrogens is 830 g/mol. The second-order valence-electron chi connectivity index (χ2n) is 17.2. The third-order valence-electron chi connectivity index (χ3n) is 12.9. The molecule has 13 nitrogen and oxygen atoms in total. The Bertz CT molecular complexity index is 2480. The number of hydrogen-bond donors (Lipinski definition) is 1. The van der Waals surface area contributed by atoms with Crippen LogP contribution in [0.2, 0.25) is 5.02 Å². The van der Waals surface area contributed by atoms with E-state index in [4.69, 9.17) is 30.5 Å². The Morgan fingerprint density at radius 2 is 1.85 bits per heavy atom. The molecule has 0 radical (unpaired) electrons. The molecule has 328 valence electrons. The fourth-order valence-corrected chi connectivity index (χ4v) is 11.6. The van der Waals surface area contributed by atoms with Crippen LogP contribution in [0, 0.1) is 17.8 Å². The van der Waals surface area contributed by atoms with Crippen molar-refractivity contribution < 1.29 is 37.5 Å². The van der Waals surface area contributed by atoms with Crippen molar-refractivity contribution in [2.24, 2.45) is 29.2 Å². The lowest BCUT2D eigenvalue weighted by molar-refractivity contribution is -0.148. The van der Waals surface area contributed by atoms with E-state index in [1.54, 1.807) is 45.4 Å². The first-order valence-corrected chi connectivity index (χ1v) is 23.4. The molecule has 7 atom stereocenters. The van der Waals surface area contributed by atoms with Crippen LogP contribution >= 0.6 is 11.6 Å². The van der Waals surface area contributed by atoms with Gasteiger partial charge in [-0.1, -0.05) is 61.0 Å². The Kier molecular flexibility index (Phi) is 12.8. The smallest absolute Gasteiger partial charge is 0.306 e. The standard InChI is InChI=1S/C47H54ClN5O8S/c1-30-27-62(57,51-45(56)37-26-52(2)49-46(37)59-4)50-44(55)33-14-18-42-39(24-33)53(28-47(29-60-42)22-8-11-32-23-35(48)15-17-38(32)47)25-34-13-16-36(34)41(58-3)20-19-40(30)61-43(54)21-12-31-9-6-5-7-10-31/h5-7,9-10,14-15,17-20,23-24,26,30,34,36,40-41H,8,11-13,16,21-22,25,27-29H2,1-4H3,(H,50,51,55,56,57)/b20-19-/t30-,34+,36-,40+,41+,47+,62?/m1/s1. The molecule has 1 aromatic heterocycles. The lowest BCUT2D eigenvalue weighted by Crippen LogP contribution is -2.49. The third-order valence-corrected chi connectivity index (χ3v) is 15.1. The van der Waals surface area contributed by atoms with Crippen LogP contribution in [-0.4, -0.2) is 83.6 Å². The van der Waals surface area contributed by atoms with Crippen molar-refractivity contribution in [3.8, 4) is 11.6 Å². The minimum Gasteiger partial charge on any atom is -0.490 e. The van der Waals surface area contributed by atoms with E-state index in [0.29, 0.717) is 36.9 Å². The van der Waals surface area contributed by atoms with E-state index in [9.17, 15) is 14.4 Å². The second-order valence-corrected chi connectivity index (χ2v) is 19.6. The Morgan fingerprint density at radius 3 is 2.61 bits per heavy atom. The number of fused-ring (bicyclic) bond motifs is 4. The molecule has 3 heterocycles. The molecule has 1 unspecified atom stereocenters. The van der Waals surface area contributed by atoms with Crippen LogP contribution in [0.5, 0.6) is 11.6 Å². The van der Waals surface area contributed by atoms with Crippen LogP contribution in [0.1, 0.15) is 76.4 Å². The SMILES string of the molecule is COc1nn(C)cc1C(=O)NS1(=O)=NC(=O)c2ccc3c(c2)N(C[C@@H]2CC[C@H]2[C@@H](OC)/C=C\[C@H](OC(=O)CCc2ccccc2)[C@H](C)C1)C[C@@]1(CCCc2cc(Cl)ccc21)CO3. The predicted molar refractivity (Wildman–Crippen MR) is 237 cm³/mol.